The minimum absolute atomic E-state index is 0.578. The smallest absolute Gasteiger partial charge is 0.341 e. The molecule has 2 aromatic rings. The molecular weight excluding hydrogens is 307 g/mol. The minimum atomic E-state index is -2.51. The van der Waals surface area contributed by atoms with Gasteiger partial charge in [0.2, 0.25) is 0 Å². The Kier molecular flexibility index (Phi) is 4.79. The zero-order valence-electron chi connectivity index (χ0n) is 9.70. The molecule has 0 aliphatic heterocycles. The fraction of sp³-hybridized carbons (Fsp3) is 0.231. The maximum Gasteiger partial charge on any atom is 0.341 e. The third-order valence-electron chi connectivity index (χ3n) is 2.61. The maximum atomic E-state index is 5.82. The van der Waals surface area contributed by atoms with Gasteiger partial charge in [0.25, 0.3) is 0 Å². The van der Waals surface area contributed by atoms with Crippen molar-refractivity contribution in [3.8, 4) is 5.75 Å². The molecule has 0 atom stereocenters. The van der Waals surface area contributed by atoms with Crippen LogP contribution in [0, 0.1) is 0 Å². The Balaban J connectivity index is 2.00. The van der Waals surface area contributed by atoms with Crippen LogP contribution < -0.4 is 4.74 Å². The Labute approximate surface area is 122 Å². The Morgan fingerprint density at radius 2 is 1.67 bits per heavy atom. The van der Waals surface area contributed by atoms with Gasteiger partial charge in [-0.05, 0) is 23.9 Å². The van der Waals surface area contributed by atoms with E-state index in [0.29, 0.717) is 12.7 Å². The lowest BCUT2D eigenvalue weighted by molar-refractivity contribution is 0.321. The average molecular weight is 320 g/mol. The van der Waals surface area contributed by atoms with Crippen LogP contribution in [-0.2, 0) is 0 Å². The molecule has 0 radical (unpaired) electrons. The molecule has 5 heteroatoms. The van der Waals surface area contributed by atoms with Gasteiger partial charge in [-0.3, -0.25) is 0 Å². The van der Waals surface area contributed by atoms with Crippen molar-refractivity contribution in [2.45, 2.75) is 12.5 Å². The van der Waals surface area contributed by atoms with E-state index in [4.69, 9.17) is 38.0 Å². The van der Waals surface area contributed by atoms with Crippen LogP contribution in [0.15, 0.2) is 42.5 Å². The Hall–Kier alpha value is -0.413. The Morgan fingerprint density at radius 3 is 2.44 bits per heavy atom. The van der Waals surface area contributed by atoms with E-state index in [1.165, 1.54) is 5.39 Å². The van der Waals surface area contributed by atoms with Gasteiger partial charge in [0.05, 0.1) is 6.61 Å². The second-order valence-electron chi connectivity index (χ2n) is 4.04. The van der Waals surface area contributed by atoms with Gasteiger partial charge in [0, 0.05) is 5.39 Å². The van der Waals surface area contributed by atoms with Crippen LogP contribution in [0.3, 0.4) is 0 Å². The van der Waals surface area contributed by atoms with E-state index in [1.807, 2.05) is 30.3 Å². The molecule has 96 valence electrons. The monoisotopic (exact) mass is 318 g/mol. The Bertz CT molecular complexity index is 520. The van der Waals surface area contributed by atoms with Gasteiger partial charge in [0.1, 0.15) is 5.75 Å². The fourth-order valence-corrected chi connectivity index (χ4v) is 3.52. The molecule has 0 amide bonds. The number of hydrogen-bond donors (Lipinski definition) is 0. The summed E-state index contributed by atoms with van der Waals surface area (Å²) in [7, 11) is 0. The first kappa shape index (κ1) is 14.0. The molecule has 0 bridgehead atoms. The third-order valence-corrected chi connectivity index (χ3v) is 5.23. The van der Waals surface area contributed by atoms with Gasteiger partial charge in [-0.15, -0.1) is 33.2 Å². The molecule has 2 aromatic carbocycles. The summed E-state index contributed by atoms with van der Waals surface area (Å²) in [6, 6.07) is 12.3. The lowest BCUT2D eigenvalue weighted by Gasteiger charge is -2.11. The van der Waals surface area contributed by atoms with E-state index < -0.39 is 6.00 Å². The highest BCUT2D eigenvalue weighted by atomic mass is 35.8. The molecule has 0 unspecified atom stereocenters. The van der Waals surface area contributed by atoms with Crippen LogP contribution in [0.2, 0.25) is 6.04 Å². The number of rotatable bonds is 5. The van der Waals surface area contributed by atoms with Gasteiger partial charge in [0.15, 0.2) is 0 Å². The van der Waals surface area contributed by atoms with Crippen molar-refractivity contribution in [1.82, 2.24) is 0 Å². The van der Waals surface area contributed by atoms with E-state index in [9.17, 15) is 0 Å². The van der Waals surface area contributed by atoms with Gasteiger partial charge in [-0.25, -0.2) is 0 Å². The van der Waals surface area contributed by atoms with Gasteiger partial charge < -0.3 is 4.74 Å². The van der Waals surface area contributed by atoms with Crippen LogP contribution in [-0.4, -0.2) is 12.6 Å². The maximum absolute atomic E-state index is 5.82. The molecule has 0 aliphatic carbocycles. The van der Waals surface area contributed by atoms with Crippen molar-refractivity contribution in [2.75, 3.05) is 6.61 Å². The van der Waals surface area contributed by atoms with E-state index in [0.717, 1.165) is 17.6 Å². The largest absolute Gasteiger partial charge is 0.493 e. The van der Waals surface area contributed by atoms with Crippen molar-refractivity contribution < 1.29 is 4.74 Å². The minimum Gasteiger partial charge on any atom is -0.493 e. The standard InChI is InChI=1S/C13H13Cl3OSi/c14-18(15,16)10-4-9-17-13-8-3-6-11-5-1-2-7-12(11)13/h1-3,5-8H,4,9-10H2. The van der Waals surface area contributed by atoms with E-state index >= 15 is 0 Å². The predicted octanol–water partition coefficient (Wildman–Crippen LogP) is 5.26. The van der Waals surface area contributed by atoms with Crippen molar-refractivity contribution in [3.05, 3.63) is 42.5 Å². The summed E-state index contributed by atoms with van der Waals surface area (Å²) in [5.74, 6) is 0.888. The van der Waals surface area contributed by atoms with Crippen LogP contribution >= 0.6 is 33.2 Å². The highest BCUT2D eigenvalue weighted by molar-refractivity contribution is 7.64. The van der Waals surface area contributed by atoms with E-state index in [2.05, 4.69) is 12.1 Å². The van der Waals surface area contributed by atoms with Gasteiger partial charge in [-0.2, -0.15) is 0 Å². The number of fused-ring (bicyclic) bond motifs is 1. The highest BCUT2D eigenvalue weighted by Crippen LogP contribution is 2.28. The van der Waals surface area contributed by atoms with Crippen molar-refractivity contribution >= 4 is 50.0 Å². The van der Waals surface area contributed by atoms with Crippen LogP contribution in [0.1, 0.15) is 6.42 Å². The molecule has 18 heavy (non-hydrogen) atoms. The molecule has 2 rings (SSSR count). The number of halogens is 3. The quantitative estimate of drug-likeness (QED) is 0.415. The topological polar surface area (TPSA) is 9.23 Å². The second kappa shape index (κ2) is 6.16. The highest BCUT2D eigenvalue weighted by Gasteiger charge is 2.23. The lowest BCUT2D eigenvalue weighted by atomic mass is 10.1. The first-order valence-corrected chi connectivity index (χ1v) is 11.0. The summed E-state index contributed by atoms with van der Waals surface area (Å²) in [6.45, 7) is 0.578. The fourth-order valence-electron chi connectivity index (χ4n) is 1.78. The zero-order valence-corrected chi connectivity index (χ0v) is 13.0. The first-order chi connectivity index (χ1) is 8.56. The molecule has 0 aliphatic rings. The average Bonchev–Trinajstić information content (AvgIpc) is 2.33. The molecule has 0 spiro atoms. The third kappa shape index (κ3) is 4.06. The second-order valence-corrected chi connectivity index (χ2v) is 13.3. The van der Waals surface area contributed by atoms with Crippen LogP contribution in [0.4, 0.5) is 0 Å². The number of hydrogen-bond acceptors (Lipinski definition) is 1. The molecule has 1 nitrogen and oxygen atoms in total. The molecule has 0 saturated carbocycles. The summed E-state index contributed by atoms with van der Waals surface area (Å²) >= 11 is 17.5. The van der Waals surface area contributed by atoms with E-state index in [-0.39, 0.29) is 0 Å². The van der Waals surface area contributed by atoms with Crippen LogP contribution in [0.5, 0.6) is 5.75 Å². The molecular formula is C13H13Cl3OSi. The SMILES string of the molecule is Cl[Si](Cl)(Cl)CCCOc1cccc2ccccc12. The molecule has 0 heterocycles. The summed E-state index contributed by atoms with van der Waals surface area (Å²) < 4.78 is 5.76. The number of ether oxygens (including phenoxy) is 1. The molecule has 0 N–H and O–H groups in total. The summed E-state index contributed by atoms with van der Waals surface area (Å²) in [5, 5.41) is 2.29. The zero-order chi connectivity index (χ0) is 13.0. The molecule has 0 fully saturated rings. The summed E-state index contributed by atoms with van der Waals surface area (Å²) in [4.78, 5) is 0. The van der Waals surface area contributed by atoms with Crippen molar-refractivity contribution in [2.24, 2.45) is 0 Å². The normalized spacial score (nSPS) is 11.7. The van der Waals surface area contributed by atoms with Crippen molar-refractivity contribution in [1.29, 1.82) is 0 Å². The molecule has 0 aromatic heterocycles. The Morgan fingerprint density at radius 1 is 0.944 bits per heavy atom. The van der Waals surface area contributed by atoms with E-state index in [1.54, 1.807) is 0 Å². The molecule has 0 saturated heterocycles. The first-order valence-electron chi connectivity index (χ1n) is 5.73. The van der Waals surface area contributed by atoms with Gasteiger partial charge >= 0.3 is 6.00 Å². The lowest BCUT2D eigenvalue weighted by Crippen LogP contribution is -2.10. The number of benzene rings is 2. The summed E-state index contributed by atoms with van der Waals surface area (Å²) in [6.07, 6.45) is 0.770. The van der Waals surface area contributed by atoms with Crippen molar-refractivity contribution in [3.63, 3.8) is 0 Å². The van der Waals surface area contributed by atoms with Crippen LogP contribution in [0.25, 0.3) is 10.8 Å². The predicted molar refractivity (Wildman–Crippen MR) is 82.2 cm³/mol. The van der Waals surface area contributed by atoms with Gasteiger partial charge in [-0.1, -0.05) is 36.4 Å². The summed E-state index contributed by atoms with van der Waals surface area (Å²) in [5.41, 5.74) is 0.